The van der Waals surface area contributed by atoms with E-state index in [4.69, 9.17) is 0 Å². The zero-order chi connectivity index (χ0) is 11.5. The van der Waals surface area contributed by atoms with Crippen LogP contribution in [0.4, 0.5) is 0 Å². The first-order chi connectivity index (χ1) is 7.70. The largest absolute Gasteiger partial charge is 0.314 e. The molecule has 84 valence electrons. The van der Waals surface area contributed by atoms with Crippen molar-refractivity contribution in [2.24, 2.45) is 7.05 Å². The van der Waals surface area contributed by atoms with Gasteiger partial charge in [0.05, 0.1) is 11.4 Å². The van der Waals surface area contributed by atoms with Gasteiger partial charge in [0.2, 0.25) is 0 Å². The van der Waals surface area contributed by atoms with Crippen molar-refractivity contribution >= 4 is 15.9 Å². The van der Waals surface area contributed by atoms with Crippen LogP contribution in [0.5, 0.6) is 0 Å². The van der Waals surface area contributed by atoms with Gasteiger partial charge in [0.15, 0.2) is 0 Å². The number of rotatable bonds is 3. The quantitative estimate of drug-likeness (QED) is 0.936. The van der Waals surface area contributed by atoms with Crippen LogP contribution in [0, 0.1) is 0 Å². The first-order valence-corrected chi connectivity index (χ1v) is 5.93. The Bertz CT molecular complexity index is 491. The fraction of sp³-hybridized carbons (Fsp3) is 0.250. The summed E-state index contributed by atoms with van der Waals surface area (Å²) in [7, 11) is 3.89. The molecule has 0 radical (unpaired) electrons. The van der Waals surface area contributed by atoms with E-state index in [0.29, 0.717) is 0 Å². The Hall–Kier alpha value is -1.13. The summed E-state index contributed by atoms with van der Waals surface area (Å²) >= 11 is 3.48. The van der Waals surface area contributed by atoms with Gasteiger partial charge in [-0.2, -0.15) is 5.10 Å². The Balaban J connectivity index is 2.40. The summed E-state index contributed by atoms with van der Waals surface area (Å²) in [4.78, 5) is 0. The molecule has 0 aliphatic rings. The van der Waals surface area contributed by atoms with E-state index in [1.807, 2.05) is 30.9 Å². The van der Waals surface area contributed by atoms with Crippen molar-refractivity contribution < 1.29 is 0 Å². The summed E-state index contributed by atoms with van der Waals surface area (Å²) in [6, 6.07) is 10.3. The molecular formula is C12H14BrN3. The van der Waals surface area contributed by atoms with E-state index in [2.05, 4.69) is 44.5 Å². The minimum atomic E-state index is 0.793. The Morgan fingerprint density at radius 1 is 1.38 bits per heavy atom. The lowest BCUT2D eigenvalue weighted by molar-refractivity contribution is 0.716. The van der Waals surface area contributed by atoms with Crippen LogP contribution < -0.4 is 5.32 Å². The lowest BCUT2D eigenvalue weighted by Gasteiger charge is -2.01. The molecule has 1 heterocycles. The van der Waals surface area contributed by atoms with E-state index in [-0.39, 0.29) is 0 Å². The fourth-order valence-electron chi connectivity index (χ4n) is 1.71. The highest BCUT2D eigenvalue weighted by Gasteiger charge is 2.06. The molecule has 1 aromatic carbocycles. The summed E-state index contributed by atoms with van der Waals surface area (Å²) in [5, 5.41) is 7.55. The van der Waals surface area contributed by atoms with Crippen LogP contribution in [0.25, 0.3) is 11.3 Å². The van der Waals surface area contributed by atoms with E-state index in [1.165, 1.54) is 5.56 Å². The van der Waals surface area contributed by atoms with Gasteiger partial charge >= 0.3 is 0 Å². The third-order valence-electron chi connectivity index (χ3n) is 2.41. The molecule has 16 heavy (non-hydrogen) atoms. The van der Waals surface area contributed by atoms with Gasteiger partial charge in [-0.15, -0.1) is 0 Å². The Labute approximate surface area is 104 Å². The molecule has 1 N–H and O–H groups in total. The number of aromatic nitrogens is 2. The second kappa shape index (κ2) is 4.80. The van der Waals surface area contributed by atoms with Crippen molar-refractivity contribution in [3.8, 4) is 11.3 Å². The second-order valence-corrected chi connectivity index (χ2v) is 4.60. The summed E-state index contributed by atoms with van der Waals surface area (Å²) in [6.45, 7) is 0.793. The number of benzene rings is 1. The van der Waals surface area contributed by atoms with Crippen LogP contribution >= 0.6 is 15.9 Å². The molecule has 0 amide bonds. The summed E-state index contributed by atoms with van der Waals surface area (Å²) in [6.07, 6.45) is 0. The van der Waals surface area contributed by atoms with Crippen molar-refractivity contribution in [3.63, 3.8) is 0 Å². The van der Waals surface area contributed by atoms with Gasteiger partial charge in [-0.3, -0.25) is 4.68 Å². The molecule has 2 rings (SSSR count). The molecule has 0 unspecified atom stereocenters. The molecular weight excluding hydrogens is 266 g/mol. The summed E-state index contributed by atoms with van der Waals surface area (Å²) < 4.78 is 3.00. The lowest BCUT2D eigenvalue weighted by atomic mass is 10.1. The summed E-state index contributed by atoms with van der Waals surface area (Å²) in [5.74, 6) is 0. The number of halogens is 1. The van der Waals surface area contributed by atoms with Crippen LogP contribution in [0.15, 0.2) is 34.8 Å². The first-order valence-electron chi connectivity index (χ1n) is 5.14. The van der Waals surface area contributed by atoms with Crippen LogP contribution in [0.3, 0.4) is 0 Å². The minimum Gasteiger partial charge on any atom is -0.314 e. The molecule has 4 heteroatoms. The molecule has 0 atom stereocenters. The number of aryl methyl sites for hydroxylation is 1. The summed E-state index contributed by atoms with van der Waals surface area (Å²) in [5.41, 5.74) is 3.36. The maximum atomic E-state index is 4.45. The molecule has 0 saturated heterocycles. The predicted molar refractivity (Wildman–Crippen MR) is 69.1 cm³/mol. The van der Waals surface area contributed by atoms with E-state index in [1.54, 1.807) is 0 Å². The average Bonchev–Trinajstić information content (AvgIpc) is 2.60. The lowest BCUT2D eigenvalue weighted by Crippen LogP contribution is -2.05. The Kier molecular flexibility index (Phi) is 3.41. The van der Waals surface area contributed by atoms with Crippen molar-refractivity contribution in [1.82, 2.24) is 15.1 Å². The number of hydrogen-bond donors (Lipinski definition) is 1. The average molecular weight is 280 g/mol. The molecule has 0 aliphatic carbocycles. The van der Waals surface area contributed by atoms with Crippen molar-refractivity contribution in [1.29, 1.82) is 0 Å². The number of hydrogen-bond acceptors (Lipinski definition) is 2. The SMILES string of the molecule is CNCc1cc(-c2cccc(Br)c2)n(C)n1. The van der Waals surface area contributed by atoms with E-state index in [9.17, 15) is 0 Å². The van der Waals surface area contributed by atoms with Gasteiger partial charge < -0.3 is 5.32 Å². The Morgan fingerprint density at radius 2 is 2.19 bits per heavy atom. The third kappa shape index (κ3) is 2.33. The molecule has 0 spiro atoms. The number of nitrogens with zero attached hydrogens (tertiary/aromatic N) is 2. The van der Waals surface area contributed by atoms with Crippen molar-refractivity contribution in [3.05, 3.63) is 40.5 Å². The predicted octanol–water partition coefficient (Wildman–Crippen LogP) is 2.57. The highest BCUT2D eigenvalue weighted by molar-refractivity contribution is 9.10. The fourth-order valence-corrected chi connectivity index (χ4v) is 2.11. The molecule has 0 bridgehead atoms. The normalized spacial score (nSPS) is 10.7. The topological polar surface area (TPSA) is 29.9 Å². The monoisotopic (exact) mass is 279 g/mol. The second-order valence-electron chi connectivity index (χ2n) is 3.69. The van der Waals surface area contributed by atoms with Crippen molar-refractivity contribution in [2.45, 2.75) is 6.54 Å². The van der Waals surface area contributed by atoms with Gasteiger partial charge in [-0.1, -0.05) is 28.1 Å². The Morgan fingerprint density at radius 3 is 2.88 bits per heavy atom. The highest BCUT2D eigenvalue weighted by Crippen LogP contribution is 2.23. The highest BCUT2D eigenvalue weighted by atomic mass is 79.9. The zero-order valence-corrected chi connectivity index (χ0v) is 11.0. The van der Waals surface area contributed by atoms with Crippen LogP contribution in [0.1, 0.15) is 5.69 Å². The molecule has 0 saturated carbocycles. The van der Waals surface area contributed by atoms with E-state index >= 15 is 0 Å². The van der Waals surface area contributed by atoms with Gasteiger partial charge in [0, 0.05) is 23.6 Å². The molecule has 1 aromatic heterocycles. The van der Waals surface area contributed by atoms with Crippen LogP contribution in [-0.2, 0) is 13.6 Å². The van der Waals surface area contributed by atoms with E-state index in [0.717, 1.165) is 22.4 Å². The standard InChI is InChI=1S/C12H14BrN3/c1-14-8-11-7-12(16(2)15-11)9-4-3-5-10(13)6-9/h3-7,14H,8H2,1-2H3. The van der Waals surface area contributed by atoms with Crippen LogP contribution in [0.2, 0.25) is 0 Å². The molecule has 0 fully saturated rings. The van der Waals surface area contributed by atoms with Crippen molar-refractivity contribution in [2.75, 3.05) is 7.05 Å². The third-order valence-corrected chi connectivity index (χ3v) is 2.90. The maximum Gasteiger partial charge on any atom is 0.0768 e. The van der Waals surface area contributed by atoms with E-state index < -0.39 is 0 Å². The van der Waals surface area contributed by atoms with Gasteiger partial charge in [-0.05, 0) is 25.2 Å². The number of nitrogens with one attached hydrogen (secondary N) is 1. The first kappa shape index (κ1) is 11.4. The van der Waals surface area contributed by atoms with Gasteiger partial charge in [0.1, 0.15) is 0 Å². The molecule has 0 aliphatic heterocycles. The smallest absolute Gasteiger partial charge is 0.0768 e. The van der Waals surface area contributed by atoms with Gasteiger partial charge in [-0.25, -0.2) is 0 Å². The maximum absolute atomic E-state index is 4.45. The molecule has 2 aromatic rings. The molecule has 3 nitrogen and oxygen atoms in total. The van der Waals surface area contributed by atoms with Gasteiger partial charge in [0.25, 0.3) is 0 Å². The van der Waals surface area contributed by atoms with Crippen LogP contribution in [-0.4, -0.2) is 16.8 Å². The zero-order valence-electron chi connectivity index (χ0n) is 9.37. The minimum absolute atomic E-state index is 0.793.